The van der Waals surface area contributed by atoms with Crippen LogP contribution in [0.25, 0.3) is 0 Å². The highest BCUT2D eigenvalue weighted by molar-refractivity contribution is 5.80. The van der Waals surface area contributed by atoms with Crippen LogP contribution in [0, 0.1) is 5.92 Å². The molecular weight excluding hydrogens is 302 g/mol. The van der Waals surface area contributed by atoms with Crippen molar-refractivity contribution in [3.63, 3.8) is 0 Å². The second-order valence-electron chi connectivity index (χ2n) is 6.10. The first-order valence-corrected chi connectivity index (χ1v) is 8.92. The van der Waals surface area contributed by atoms with Crippen molar-refractivity contribution in [2.45, 2.75) is 40.7 Å². The van der Waals surface area contributed by atoms with Crippen LogP contribution in [0.4, 0.5) is 0 Å². The molecule has 0 aliphatic rings. The molecule has 2 N–H and O–H groups in total. The van der Waals surface area contributed by atoms with E-state index in [1.54, 1.807) is 0 Å². The van der Waals surface area contributed by atoms with Crippen LogP contribution < -0.4 is 15.4 Å². The molecule has 1 unspecified atom stereocenters. The second kappa shape index (κ2) is 11.7. The van der Waals surface area contributed by atoms with Crippen molar-refractivity contribution in [1.29, 1.82) is 0 Å². The Morgan fingerprint density at radius 2 is 1.83 bits per heavy atom. The van der Waals surface area contributed by atoms with E-state index in [-0.39, 0.29) is 6.04 Å². The third-order valence-corrected chi connectivity index (χ3v) is 3.37. The van der Waals surface area contributed by atoms with Gasteiger partial charge in [0.15, 0.2) is 5.96 Å². The lowest BCUT2D eigenvalue weighted by atomic mass is 10.1. The molecule has 0 heterocycles. The van der Waals surface area contributed by atoms with Gasteiger partial charge in [-0.2, -0.15) is 0 Å². The molecule has 24 heavy (non-hydrogen) atoms. The predicted molar refractivity (Wildman–Crippen MR) is 101 cm³/mol. The van der Waals surface area contributed by atoms with E-state index in [4.69, 9.17) is 9.47 Å². The number of nitrogens with one attached hydrogen (secondary N) is 2. The van der Waals surface area contributed by atoms with Gasteiger partial charge in [0, 0.05) is 13.2 Å². The molecule has 1 aromatic rings. The third-order valence-electron chi connectivity index (χ3n) is 3.37. The van der Waals surface area contributed by atoms with Crippen LogP contribution in [-0.4, -0.2) is 38.9 Å². The molecule has 0 spiro atoms. The molecule has 1 atom stereocenters. The number of guanidine groups is 1. The monoisotopic (exact) mass is 335 g/mol. The summed E-state index contributed by atoms with van der Waals surface area (Å²) >= 11 is 0. The van der Waals surface area contributed by atoms with Crippen LogP contribution in [0.5, 0.6) is 5.75 Å². The van der Waals surface area contributed by atoms with Crippen LogP contribution in [0.2, 0.25) is 0 Å². The molecule has 0 bridgehead atoms. The van der Waals surface area contributed by atoms with Gasteiger partial charge in [-0.3, -0.25) is 4.99 Å². The lowest BCUT2D eigenvalue weighted by molar-refractivity contribution is 0.155. The summed E-state index contributed by atoms with van der Waals surface area (Å²) in [5.74, 6) is 2.25. The summed E-state index contributed by atoms with van der Waals surface area (Å²) in [7, 11) is 0. The summed E-state index contributed by atoms with van der Waals surface area (Å²) in [5, 5.41) is 6.69. The van der Waals surface area contributed by atoms with Gasteiger partial charge in [0.1, 0.15) is 5.75 Å². The largest absolute Gasteiger partial charge is 0.493 e. The predicted octanol–water partition coefficient (Wildman–Crippen LogP) is 3.37. The Balaban J connectivity index is 2.58. The van der Waals surface area contributed by atoms with E-state index in [9.17, 15) is 0 Å². The Labute approximate surface area is 146 Å². The molecule has 0 aliphatic carbocycles. The van der Waals surface area contributed by atoms with Crippen molar-refractivity contribution in [3.8, 4) is 5.75 Å². The molecule has 0 fully saturated rings. The Bertz CT molecular complexity index is 472. The van der Waals surface area contributed by atoms with Crippen LogP contribution in [-0.2, 0) is 4.74 Å². The highest BCUT2D eigenvalue weighted by Gasteiger charge is 2.08. The van der Waals surface area contributed by atoms with Crippen LogP contribution in [0.15, 0.2) is 29.3 Å². The molecular formula is C19H33N3O2. The normalized spacial score (nSPS) is 13.0. The van der Waals surface area contributed by atoms with Crippen molar-refractivity contribution in [2.75, 3.05) is 32.9 Å². The first-order chi connectivity index (χ1) is 11.6. The van der Waals surface area contributed by atoms with Crippen molar-refractivity contribution < 1.29 is 9.47 Å². The molecule has 0 amide bonds. The summed E-state index contributed by atoms with van der Waals surface area (Å²) in [4.78, 5) is 4.53. The Morgan fingerprint density at radius 3 is 2.42 bits per heavy atom. The van der Waals surface area contributed by atoms with E-state index in [0.717, 1.165) is 31.5 Å². The van der Waals surface area contributed by atoms with Crippen LogP contribution >= 0.6 is 0 Å². The van der Waals surface area contributed by atoms with Gasteiger partial charge in [-0.1, -0.05) is 26.0 Å². The maximum Gasteiger partial charge on any atom is 0.191 e. The molecule has 0 radical (unpaired) electrons. The molecule has 0 aliphatic heterocycles. The Kier molecular flexibility index (Phi) is 9.92. The Morgan fingerprint density at radius 1 is 1.12 bits per heavy atom. The molecule has 0 saturated heterocycles. The summed E-state index contributed by atoms with van der Waals surface area (Å²) in [6, 6.07) is 8.40. The highest BCUT2D eigenvalue weighted by atomic mass is 16.5. The van der Waals surface area contributed by atoms with Crippen molar-refractivity contribution in [2.24, 2.45) is 10.9 Å². The molecule has 5 nitrogen and oxygen atoms in total. The lowest BCUT2D eigenvalue weighted by Crippen LogP contribution is -2.39. The van der Waals surface area contributed by atoms with Gasteiger partial charge in [-0.05, 0) is 44.4 Å². The van der Waals surface area contributed by atoms with E-state index < -0.39 is 0 Å². The summed E-state index contributed by atoms with van der Waals surface area (Å²) in [6.07, 6.45) is 0. The minimum Gasteiger partial charge on any atom is -0.493 e. The van der Waals surface area contributed by atoms with Crippen molar-refractivity contribution in [1.82, 2.24) is 10.6 Å². The maximum atomic E-state index is 5.73. The number of ether oxygens (including phenoxy) is 2. The number of hydrogen-bond donors (Lipinski definition) is 2. The van der Waals surface area contributed by atoms with Crippen molar-refractivity contribution >= 4 is 5.96 Å². The van der Waals surface area contributed by atoms with Gasteiger partial charge < -0.3 is 20.1 Å². The molecule has 1 aromatic carbocycles. The molecule has 0 saturated carbocycles. The summed E-state index contributed by atoms with van der Waals surface area (Å²) < 4.78 is 11.1. The van der Waals surface area contributed by atoms with Gasteiger partial charge in [0.2, 0.25) is 0 Å². The van der Waals surface area contributed by atoms with Gasteiger partial charge in [-0.25, -0.2) is 0 Å². The van der Waals surface area contributed by atoms with E-state index in [1.807, 2.05) is 19.1 Å². The average molecular weight is 335 g/mol. The van der Waals surface area contributed by atoms with E-state index in [0.29, 0.717) is 19.1 Å². The van der Waals surface area contributed by atoms with E-state index >= 15 is 0 Å². The first-order valence-electron chi connectivity index (χ1n) is 8.92. The van der Waals surface area contributed by atoms with Crippen LogP contribution in [0.1, 0.15) is 46.2 Å². The van der Waals surface area contributed by atoms with Crippen molar-refractivity contribution in [3.05, 3.63) is 29.8 Å². The van der Waals surface area contributed by atoms with Gasteiger partial charge in [0.05, 0.1) is 25.8 Å². The van der Waals surface area contributed by atoms with Gasteiger partial charge >= 0.3 is 0 Å². The Hall–Kier alpha value is -1.75. The van der Waals surface area contributed by atoms with Crippen LogP contribution in [0.3, 0.4) is 0 Å². The molecule has 136 valence electrons. The third kappa shape index (κ3) is 8.20. The number of rotatable bonds is 10. The quantitative estimate of drug-likeness (QED) is 0.391. The smallest absolute Gasteiger partial charge is 0.191 e. The number of nitrogens with zero attached hydrogens (tertiary/aromatic N) is 1. The molecule has 5 heteroatoms. The maximum absolute atomic E-state index is 5.73. The highest BCUT2D eigenvalue weighted by Crippen LogP contribution is 2.18. The fraction of sp³-hybridized carbons (Fsp3) is 0.632. The lowest BCUT2D eigenvalue weighted by Gasteiger charge is -2.18. The van der Waals surface area contributed by atoms with Gasteiger partial charge in [0.25, 0.3) is 0 Å². The molecule has 1 rings (SSSR count). The zero-order valence-electron chi connectivity index (χ0n) is 15.8. The fourth-order valence-electron chi connectivity index (χ4n) is 2.09. The summed E-state index contributed by atoms with van der Waals surface area (Å²) in [5.41, 5.74) is 1.20. The number of hydrogen-bond acceptors (Lipinski definition) is 3. The number of benzene rings is 1. The van der Waals surface area contributed by atoms with E-state index in [2.05, 4.69) is 55.5 Å². The van der Waals surface area contributed by atoms with E-state index in [1.165, 1.54) is 5.56 Å². The minimum absolute atomic E-state index is 0.161. The SMILES string of the molecule is CCNC(=NCCOCC)NC(C)c1ccc(OCC(C)C)cc1. The minimum atomic E-state index is 0.161. The second-order valence-corrected chi connectivity index (χ2v) is 6.10. The topological polar surface area (TPSA) is 54.9 Å². The first kappa shape index (κ1) is 20.3. The standard InChI is InChI=1S/C19H33N3O2/c1-6-20-19(21-12-13-23-7-2)22-16(5)17-8-10-18(11-9-17)24-14-15(3)4/h8-11,15-16H,6-7,12-14H2,1-5H3,(H2,20,21,22). The molecule has 0 aromatic heterocycles. The number of aliphatic imine (C=N–C) groups is 1. The average Bonchev–Trinajstić information content (AvgIpc) is 2.57. The zero-order valence-corrected chi connectivity index (χ0v) is 15.8. The zero-order chi connectivity index (χ0) is 17.8. The fourth-order valence-corrected chi connectivity index (χ4v) is 2.09. The summed E-state index contributed by atoms with van der Waals surface area (Å²) in [6.45, 7) is 14.1. The van der Waals surface area contributed by atoms with Gasteiger partial charge in [-0.15, -0.1) is 0 Å².